The minimum absolute atomic E-state index is 0.153. The van der Waals surface area contributed by atoms with Crippen LogP contribution in [0.5, 0.6) is 0 Å². The molecule has 0 amide bonds. The fourth-order valence-electron chi connectivity index (χ4n) is 3.54. The van der Waals surface area contributed by atoms with E-state index in [0.29, 0.717) is 0 Å². The standard InChI is InChI=1S/C23H27N5/c1-23(2,3)19-6-4-18(5-7-19)21-16-25-17-22(26-21)28-14-12-27(13-15-28)20-8-10-24-11-9-20/h4-11,16-17H,12-15H2,1-3H3. The minimum atomic E-state index is 0.153. The minimum Gasteiger partial charge on any atom is -0.368 e. The number of benzene rings is 1. The maximum absolute atomic E-state index is 4.89. The Bertz CT molecular complexity index is 908. The van der Waals surface area contributed by atoms with Gasteiger partial charge in [-0.15, -0.1) is 0 Å². The summed E-state index contributed by atoms with van der Waals surface area (Å²) in [5.74, 6) is 0.951. The van der Waals surface area contributed by atoms with Gasteiger partial charge in [0.25, 0.3) is 0 Å². The van der Waals surface area contributed by atoms with Gasteiger partial charge in [0.2, 0.25) is 0 Å². The number of nitrogens with zero attached hydrogens (tertiary/aromatic N) is 5. The van der Waals surface area contributed by atoms with Gasteiger partial charge in [-0.05, 0) is 23.1 Å². The first-order valence-electron chi connectivity index (χ1n) is 9.83. The van der Waals surface area contributed by atoms with Gasteiger partial charge in [0.1, 0.15) is 5.82 Å². The summed E-state index contributed by atoms with van der Waals surface area (Å²) in [7, 11) is 0. The summed E-state index contributed by atoms with van der Waals surface area (Å²) in [6.45, 7) is 10.5. The number of anilines is 2. The van der Waals surface area contributed by atoms with Gasteiger partial charge in [-0.2, -0.15) is 0 Å². The lowest BCUT2D eigenvalue weighted by molar-refractivity contribution is 0.590. The summed E-state index contributed by atoms with van der Waals surface area (Å²) in [6.07, 6.45) is 7.42. The number of aromatic nitrogens is 3. The molecule has 0 N–H and O–H groups in total. The molecule has 3 heterocycles. The van der Waals surface area contributed by atoms with Crippen LogP contribution in [0.3, 0.4) is 0 Å². The normalized spacial score (nSPS) is 15.0. The Morgan fingerprint density at radius 3 is 2.04 bits per heavy atom. The summed E-state index contributed by atoms with van der Waals surface area (Å²) >= 11 is 0. The molecule has 4 rings (SSSR count). The van der Waals surface area contributed by atoms with Crippen molar-refractivity contribution in [2.45, 2.75) is 26.2 Å². The predicted octanol–water partition coefficient (Wildman–Crippen LogP) is 4.16. The molecule has 144 valence electrons. The molecule has 0 aliphatic carbocycles. The Labute approximate surface area is 167 Å². The second-order valence-corrected chi connectivity index (χ2v) is 8.27. The monoisotopic (exact) mass is 373 g/mol. The number of hydrogen-bond acceptors (Lipinski definition) is 5. The fraction of sp³-hybridized carbons (Fsp3) is 0.348. The van der Waals surface area contributed by atoms with E-state index in [0.717, 1.165) is 43.3 Å². The van der Waals surface area contributed by atoms with E-state index in [9.17, 15) is 0 Å². The molecule has 1 aliphatic heterocycles. The first kappa shape index (κ1) is 18.4. The summed E-state index contributed by atoms with van der Waals surface area (Å²) in [6, 6.07) is 12.8. The predicted molar refractivity (Wildman–Crippen MR) is 115 cm³/mol. The molecule has 0 saturated carbocycles. The zero-order chi connectivity index (χ0) is 19.6. The van der Waals surface area contributed by atoms with E-state index in [1.165, 1.54) is 11.3 Å². The van der Waals surface area contributed by atoms with Crippen LogP contribution < -0.4 is 9.80 Å². The highest BCUT2D eigenvalue weighted by molar-refractivity contribution is 5.61. The summed E-state index contributed by atoms with van der Waals surface area (Å²) < 4.78 is 0. The molecule has 0 atom stereocenters. The molecule has 0 radical (unpaired) electrons. The van der Waals surface area contributed by atoms with Crippen molar-refractivity contribution in [2.75, 3.05) is 36.0 Å². The molecule has 2 aromatic heterocycles. The van der Waals surface area contributed by atoms with Crippen molar-refractivity contribution in [3.05, 3.63) is 66.7 Å². The third-order valence-corrected chi connectivity index (χ3v) is 5.30. The Morgan fingerprint density at radius 2 is 1.39 bits per heavy atom. The smallest absolute Gasteiger partial charge is 0.147 e. The van der Waals surface area contributed by atoms with Crippen LogP contribution in [0.15, 0.2) is 61.2 Å². The Hall–Kier alpha value is -2.95. The molecular weight excluding hydrogens is 346 g/mol. The van der Waals surface area contributed by atoms with Gasteiger partial charge in [0, 0.05) is 49.8 Å². The molecule has 0 unspecified atom stereocenters. The lowest BCUT2D eigenvalue weighted by Crippen LogP contribution is -2.46. The molecule has 5 nitrogen and oxygen atoms in total. The summed E-state index contributed by atoms with van der Waals surface area (Å²) in [5, 5.41) is 0. The van der Waals surface area contributed by atoms with E-state index < -0.39 is 0 Å². The third-order valence-electron chi connectivity index (χ3n) is 5.30. The molecule has 1 fully saturated rings. The van der Waals surface area contributed by atoms with Crippen LogP contribution in [0.1, 0.15) is 26.3 Å². The highest BCUT2D eigenvalue weighted by Gasteiger charge is 2.19. The first-order chi connectivity index (χ1) is 13.5. The second-order valence-electron chi connectivity index (χ2n) is 8.27. The van der Waals surface area contributed by atoms with Gasteiger partial charge >= 0.3 is 0 Å². The zero-order valence-electron chi connectivity index (χ0n) is 16.8. The molecule has 0 bridgehead atoms. The molecule has 3 aromatic rings. The lowest BCUT2D eigenvalue weighted by atomic mass is 9.86. The highest BCUT2D eigenvalue weighted by atomic mass is 15.3. The molecule has 1 saturated heterocycles. The van der Waals surface area contributed by atoms with Crippen molar-refractivity contribution >= 4 is 11.5 Å². The van der Waals surface area contributed by atoms with Gasteiger partial charge in [0.15, 0.2) is 0 Å². The Balaban J connectivity index is 1.47. The Kier molecular flexibility index (Phi) is 4.99. The van der Waals surface area contributed by atoms with E-state index in [4.69, 9.17) is 4.98 Å². The van der Waals surface area contributed by atoms with Gasteiger partial charge in [-0.1, -0.05) is 45.0 Å². The topological polar surface area (TPSA) is 45.2 Å². The lowest BCUT2D eigenvalue weighted by Gasteiger charge is -2.36. The third kappa shape index (κ3) is 3.98. The van der Waals surface area contributed by atoms with Crippen LogP contribution in [-0.4, -0.2) is 41.1 Å². The fourth-order valence-corrected chi connectivity index (χ4v) is 3.54. The van der Waals surface area contributed by atoms with Gasteiger partial charge in [-0.25, -0.2) is 4.98 Å². The SMILES string of the molecule is CC(C)(C)c1ccc(-c2cncc(N3CCN(c4ccncc4)CC3)n2)cc1. The van der Waals surface area contributed by atoms with Gasteiger partial charge in [0.05, 0.1) is 18.1 Å². The number of pyridine rings is 1. The molecule has 28 heavy (non-hydrogen) atoms. The van der Waals surface area contributed by atoms with Crippen LogP contribution in [0.25, 0.3) is 11.3 Å². The van der Waals surface area contributed by atoms with Crippen molar-refractivity contribution in [1.29, 1.82) is 0 Å². The van der Waals surface area contributed by atoms with Crippen molar-refractivity contribution in [3.8, 4) is 11.3 Å². The second kappa shape index (κ2) is 7.58. The first-order valence-corrected chi connectivity index (χ1v) is 9.83. The number of rotatable bonds is 3. The van der Waals surface area contributed by atoms with Crippen LogP contribution >= 0.6 is 0 Å². The molecule has 0 spiro atoms. The van der Waals surface area contributed by atoms with Gasteiger partial charge in [-0.3, -0.25) is 9.97 Å². The van der Waals surface area contributed by atoms with Crippen molar-refractivity contribution in [2.24, 2.45) is 0 Å². The van der Waals surface area contributed by atoms with Crippen LogP contribution in [0.4, 0.5) is 11.5 Å². The maximum atomic E-state index is 4.89. The molecular formula is C23H27N5. The van der Waals surface area contributed by atoms with Crippen LogP contribution in [0.2, 0.25) is 0 Å². The van der Waals surface area contributed by atoms with Crippen LogP contribution in [0, 0.1) is 0 Å². The Morgan fingerprint density at radius 1 is 0.750 bits per heavy atom. The van der Waals surface area contributed by atoms with Crippen LogP contribution in [-0.2, 0) is 5.41 Å². The van der Waals surface area contributed by atoms with E-state index in [1.54, 1.807) is 0 Å². The maximum Gasteiger partial charge on any atom is 0.147 e. The largest absolute Gasteiger partial charge is 0.368 e. The van der Waals surface area contributed by atoms with E-state index in [2.05, 4.69) is 76.9 Å². The molecule has 1 aliphatic rings. The number of piperazine rings is 1. The van der Waals surface area contributed by atoms with Crippen molar-refractivity contribution < 1.29 is 0 Å². The average Bonchev–Trinajstić information content (AvgIpc) is 2.74. The zero-order valence-corrected chi connectivity index (χ0v) is 16.8. The summed E-state index contributed by atoms with van der Waals surface area (Å²) in [5.41, 5.74) is 4.74. The summed E-state index contributed by atoms with van der Waals surface area (Å²) in [4.78, 5) is 18.2. The number of hydrogen-bond donors (Lipinski definition) is 0. The molecule has 5 heteroatoms. The highest BCUT2D eigenvalue weighted by Crippen LogP contribution is 2.26. The quantitative estimate of drug-likeness (QED) is 0.690. The van der Waals surface area contributed by atoms with Crippen molar-refractivity contribution in [3.63, 3.8) is 0 Å². The van der Waals surface area contributed by atoms with E-state index in [1.807, 2.05) is 24.8 Å². The average molecular weight is 374 g/mol. The van der Waals surface area contributed by atoms with Gasteiger partial charge < -0.3 is 9.80 Å². The van der Waals surface area contributed by atoms with E-state index in [-0.39, 0.29) is 5.41 Å². The van der Waals surface area contributed by atoms with E-state index >= 15 is 0 Å². The molecule has 1 aromatic carbocycles. The van der Waals surface area contributed by atoms with Crippen molar-refractivity contribution in [1.82, 2.24) is 15.0 Å².